The molecule has 30 heavy (non-hydrogen) atoms. The van der Waals surface area contributed by atoms with Crippen LogP contribution in [-0.4, -0.2) is 64.3 Å². The molecule has 0 atom stereocenters. The summed E-state index contributed by atoms with van der Waals surface area (Å²) in [7, 11) is 4.75. The molecule has 1 aromatic heterocycles. The molecule has 0 aliphatic heterocycles. The second kappa shape index (κ2) is 11.9. The number of amides is 2. The number of benzene rings is 1. The molecule has 8 heteroatoms. The van der Waals surface area contributed by atoms with Crippen LogP contribution in [0, 0.1) is 6.92 Å². The van der Waals surface area contributed by atoms with Crippen LogP contribution in [0.2, 0.25) is 0 Å². The number of nitrogens with one attached hydrogen (secondary N) is 1. The van der Waals surface area contributed by atoms with Gasteiger partial charge in [-0.2, -0.15) is 0 Å². The van der Waals surface area contributed by atoms with Crippen LogP contribution in [0.4, 0.5) is 0 Å². The van der Waals surface area contributed by atoms with Crippen molar-refractivity contribution in [3.63, 3.8) is 0 Å². The van der Waals surface area contributed by atoms with Gasteiger partial charge in [0.2, 0.25) is 5.91 Å². The van der Waals surface area contributed by atoms with E-state index in [1.807, 2.05) is 18.2 Å². The van der Waals surface area contributed by atoms with Crippen molar-refractivity contribution in [3.8, 4) is 11.5 Å². The van der Waals surface area contributed by atoms with Crippen molar-refractivity contribution in [2.75, 3.05) is 47.6 Å². The van der Waals surface area contributed by atoms with Gasteiger partial charge in [0.15, 0.2) is 11.5 Å². The molecule has 1 aromatic carbocycles. The van der Waals surface area contributed by atoms with Gasteiger partial charge in [-0.25, -0.2) is 0 Å². The monoisotopic (exact) mass is 418 g/mol. The Morgan fingerprint density at radius 2 is 1.83 bits per heavy atom. The fraction of sp³-hybridized carbons (Fsp3) is 0.455. The van der Waals surface area contributed by atoms with Crippen LogP contribution in [0.15, 0.2) is 34.9 Å². The van der Waals surface area contributed by atoms with Crippen LogP contribution in [0.25, 0.3) is 0 Å². The van der Waals surface area contributed by atoms with Gasteiger partial charge in [-0.15, -0.1) is 0 Å². The second-order valence-electron chi connectivity index (χ2n) is 6.71. The average molecular weight is 418 g/mol. The van der Waals surface area contributed by atoms with Gasteiger partial charge in [0, 0.05) is 33.2 Å². The molecule has 0 aliphatic rings. The van der Waals surface area contributed by atoms with Gasteiger partial charge in [-0.3, -0.25) is 9.59 Å². The molecule has 0 aliphatic carbocycles. The number of rotatable bonds is 12. The van der Waals surface area contributed by atoms with Crippen molar-refractivity contribution in [2.24, 2.45) is 0 Å². The van der Waals surface area contributed by atoms with E-state index in [2.05, 4.69) is 5.32 Å². The molecule has 2 amide bonds. The van der Waals surface area contributed by atoms with E-state index in [0.717, 1.165) is 5.56 Å². The quantitative estimate of drug-likeness (QED) is 0.569. The third kappa shape index (κ3) is 6.52. The predicted molar refractivity (Wildman–Crippen MR) is 112 cm³/mol. The number of furan rings is 1. The molecule has 0 saturated heterocycles. The van der Waals surface area contributed by atoms with Crippen LogP contribution in [-0.2, 0) is 16.0 Å². The standard InChI is InChI=1S/C22H30N2O6/c1-16-18(9-13-30-16)22(26)24(12-14-27-2)11-8-21(25)23-10-7-17-5-6-19(28-3)20(15-17)29-4/h5-6,9,13,15H,7-8,10-12,14H2,1-4H3,(H,23,25). The topological polar surface area (TPSA) is 90.2 Å². The fourth-order valence-corrected chi connectivity index (χ4v) is 3.00. The number of hydrogen-bond acceptors (Lipinski definition) is 6. The van der Waals surface area contributed by atoms with E-state index < -0.39 is 0 Å². The highest BCUT2D eigenvalue weighted by atomic mass is 16.5. The summed E-state index contributed by atoms with van der Waals surface area (Å²) in [6, 6.07) is 7.31. The maximum Gasteiger partial charge on any atom is 0.257 e. The molecule has 0 bridgehead atoms. The molecule has 1 N–H and O–H groups in total. The lowest BCUT2D eigenvalue weighted by atomic mass is 10.1. The molecule has 0 unspecified atom stereocenters. The van der Waals surface area contributed by atoms with Gasteiger partial charge in [0.05, 0.1) is 32.7 Å². The van der Waals surface area contributed by atoms with Crippen molar-refractivity contribution in [1.29, 1.82) is 0 Å². The number of hydrogen-bond donors (Lipinski definition) is 1. The minimum atomic E-state index is -0.170. The highest BCUT2D eigenvalue weighted by Gasteiger charge is 2.20. The number of methoxy groups -OCH3 is 3. The summed E-state index contributed by atoms with van der Waals surface area (Å²) < 4.78 is 20.8. The maximum atomic E-state index is 12.7. The first-order chi connectivity index (χ1) is 14.5. The minimum absolute atomic E-state index is 0.116. The molecule has 0 spiro atoms. The molecular formula is C22H30N2O6. The summed E-state index contributed by atoms with van der Waals surface area (Å²) >= 11 is 0. The molecule has 2 rings (SSSR count). The molecule has 0 saturated carbocycles. The van der Waals surface area contributed by atoms with E-state index in [1.54, 1.807) is 39.2 Å². The summed E-state index contributed by atoms with van der Waals surface area (Å²) in [5.74, 6) is 1.59. The lowest BCUT2D eigenvalue weighted by molar-refractivity contribution is -0.121. The Labute approximate surface area is 177 Å². The first-order valence-corrected chi connectivity index (χ1v) is 9.80. The maximum absolute atomic E-state index is 12.7. The van der Waals surface area contributed by atoms with Crippen LogP contribution < -0.4 is 14.8 Å². The highest BCUT2D eigenvalue weighted by molar-refractivity contribution is 5.95. The van der Waals surface area contributed by atoms with E-state index in [9.17, 15) is 9.59 Å². The molecular weight excluding hydrogens is 388 g/mol. The molecule has 2 aromatic rings. The lowest BCUT2D eigenvalue weighted by Gasteiger charge is -2.22. The zero-order valence-corrected chi connectivity index (χ0v) is 18.0. The number of nitrogens with zero attached hydrogens (tertiary/aromatic N) is 1. The Bertz CT molecular complexity index is 833. The van der Waals surface area contributed by atoms with Crippen molar-refractivity contribution < 1.29 is 28.2 Å². The van der Waals surface area contributed by atoms with Crippen molar-refractivity contribution in [2.45, 2.75) is 19.8 Å². The summed E-state index contributed by atoms with van der Waals surface area (Å²) in [5.41, 5.74) is 1.53. The Balaban J connectivity index is 1.84. The van der Waals surface area contributed by atoms with Gasteiger partial charge in [-0.05, 0) is 37.1 Å². The van der Waals surface area contributed by atoms with Gasteiger partial charge in [-0.1, -0.05) is 6.07 Å². The Morgan fingerprint density at radius 3 is 2.47 bits per heavy atom. The average Bonchev–Trinajstić information content (AvgIpc) is 3.19. The second-order valence-corrected chi connectivity index (χ2v) is 6.71. The Kier molecular flexibility index (Phi) is 9.21. The molecule has 164 valence electrons. The first-order valence-electron chi connectivity index (χ1n) is 9.80. The Hall–Kier alpha value is -3.00. The van der Waals surface area contributed by atoms with E-state index >= 15 is 0 Å². The van der Waals surface area contributed by atoms with Crippen molar-refractivity contribution in [1.82, 2.24) is 10.2 Å². The molecule has 0 fully saturated rings. The van der Waals surface area contributed by atoms with Gasteiger partial charge in [0.25, 0.3) is 5.91 Å². The normalized spacial score (nSPS) is 10.5. The first kappa shape index (κ1) is 23.3. The third-order valence-electron chi connectivity index (χ3n) is 4.73. The summed E-state index contributed by atoms with van der Waals surface area (Å²) in [6.45, 7) is 3.32. The van der Waals surface area contributed by atoms with Gasteiger partial charge < -0.3 is 28.8 Å². The fourth-order valence-electron chi connectivity index (χ4n) is 3.00. The van der Waals surface area contributed by atoms with Crippen molar-refractivity contribution in [3.05, 3.63) is 47.4 Å². The number of ether oxygens (including phenoxy) is 3. The van der Waals surface area contributed by atoms with E-state index in [4.69, 9.17) is 18.6 Å². The lowest BCUT2D eigenvalue weighted by Crippen LogP contribution is -2.37. The van der Waals surface area contributed by atoms with E-state index in [1.165, 1.54) is 6.26 Å². The van der Waals surface area contributed by atoms with E-state index in [0.29, 0.717) is 55.5 Å². The summed E-state index contributed by atoms with van der Waals surface area (Å²) in [6.07, 6.45) is 2.35. The zero-order valence-electron chi connectivity index (χ0n) is 18.0. The van der Waals surface area contributed by atoms with Gasteiger partial charge in [0.1, 0.15) is 5.76 Å². The SMILES string of the molecule is COCCN(CCC(=O)NCCc1ccc(OC)c(OC)c1)C(=O)c1ccoc1C. The third-order valence-corrected chi connectivity index (χ3v) is 4.73. The Morgan fingerprint density at radius 1 is 1.07 bits per heavy atom. The minimum Gasteiger partial charge on any atom is -0.493 e. The largest absolute Gasteiger partial charge is 0.493 e. The molecule has 8 nitrogen and oxygen atoms in total. The molecule has 1 heterocycles. The number of aryl methyl sites for hydroxylation is 1. The van der Waals surface area contributed by atoms with Crippen LogP contribution >= 0.6 is 0 Å². The summed E-state index contributed by atoms with van der Waals surface area (Å²) in [4.78, 5) is 26.6. The summed E-state index contributed by atoms with van der Waals surface area (Å²) in [5, 5.41) is 2.90. The van der Waals surface area contributed by atoms with Crippen molar-refractivity contribution >= 4 is 11.8 Å². The van der Waals surface area contributed by atoms with E-state index in [-0.39, 0.29) is 18.2 Å². The highest BCUT2D eigenvalue weighted by Crippen LogP contribution is 2.27. The predicted octanol–water partition coefficient (Wildman–Crippen LogP) is 2.44. The van der Waals surface area contributed by atoms with Gasteiger partial charge >= 0.3 is 0 Å². The smallest absolute Gasteiger partial charge is 0.257 e. The number of carbonyl (C=O) groups excluding carboxylic acids is 2. The zero-order chi connectivity index (χ0) is 21.9. The molecule has 0 radical (unpaired) electrons. The van der Waals surface area contributed by atoms with Crippen LogP contribution in [0.3, 0.4) is 0 Å². The number of carbonyl (C=O) groups is 2. The van der Waals surface area contributed by atoms with Crippen LogP contribution in [0.5, 0.6) is 11.5 Å². The van der Waals surface area contributed by atoms with Crippen LogP contribution in [0.1, 0.15) is 28.1 Å².